The van der Waals surface area contributed by atoms with E-state index in [0.717, 1.165) is 12.8 Å². The molecule has 4 atom stereocenters. The van der Waals surface area contributed by atoms with Crippen LogP contribution in [0.4, 0.5) is 5.69 Å². The quantitative estimate of drug-likeness (QED) is 0.649. The van der Waals surface area contributed by atoms with Gasteiger partial charge in [0, 0.05) is 16.6 Å². The van der Waals surface area contributed by atoms with Gasteiger partial charge < -0.3 is 10.4 Å². The summed E-state index contributed by atoms with van der Waals surface area (Å²) in [5.74, 6) is 0.140. The van der Waals surface area contributed by atoms with Crippen molar-refractivity contribution in [1.29, 1.82) is 0 Å². The maximum atomic E-state index is 12.8. The van der Waals surface area contributed by atoms with Gasteiger partial charge in [-0.3, -0.25) is 4.79 Å². The Morgan fingerprint density at radius 1 is 1.27 bits per heavy atom. The molecule has 4 rings (SSSR count). The van der Waals surface area contributed by atoms with Crippen LogP contribution in [0.2, 0.25) is 5.02 Å². The molecule has 0 aromatic heterocycles. The van der Waals surface area contributed by atoms with Crippen molar-refractivity contribution in [2.75, 3.05) is 5.32 Å². The van der Waals surface area contributed by atoms with Gasteiger partial charge in [-0.15, -0.1) is 0 Å². The van der Waals surface area contributed by atoms with E-state index in [1.165, 1.54) is 0 Å². The maximum absolute atomic E-state index is 12.8. The first-order valence-electron chi connectivity index (χ1n) is 7.65. The average Bonchev–Trinajstić information content (AvgIpc) is 3.12. The van der Waals surface area contributed by atoms with E-state index < -0.39 is 0 Å². The van der Waals surface area contributed by atoms with Gasteiger partial charge in [0.05, 0.1) is 11.7 Å². The van der Waals surface area contributed by atoms with Gasteiger partial charge in [0.15, 0.2) is 0 Å². The third-order valence-corrected chi connectivity index (χ3v) is 5.86. The lowest BCUT2D eigenvalue weighted by atomic mass is 9.81. The van der Waals surface area contributed by atoms with E-state index in [4.69, 9.17) is 11.6 Å². The molecule has 2 fully saturated rings. The van der Waals surface area contributed by atoms with Crippen molar-refractivity contribution in [2.24, 2.45) is 29.1 Å². The van der Waals surface area contributed by atoms with Crippen LogP contribution >= 0.6 is 11.6 Å². The van der Waals surface area contributed by atoms with Crippen molar-refractivity contribution >= 4 is 23.2 Å². The number of hydrogen-bond donors (Lipinski definition) is 2. The minimum Gasteiger partial charge on any atom is -0.513 e. The van der Waals surface area contributed by atoms with Gasteiger partial charge in [-0.05, 0) is 48.3 Å². The second kappa shape index (κ2) is 4.63. The zero-order valence-electron chi connectivity index (χ0n) is 12.1. The van der Waals surface area contributed by atoms with E-state index in [1.807, 2.05) is 12.1 Å². The summed E-state index contributed by atoms with van der Waals surface area (Å²) in [6.07, 6.45) is 6.62. The standard InChI is InChI=1S/C18H18ClNO2/c1-10(21)15-13-5-6-14(18(13)7-8-18)16(15)17(22)20-12-4-2-3-11(19)9-12/h2-6,9,13-16,21H,1,7-8H2,(H,20,22). The molecule has 1 amide bonds. The number of hydrogen-bond acceptors (Lipinski definition) is 2. The minimum atomic E-state index is -0.242. The number of nitrogens with one attached hydrogen (secondary N) is 1. The Hall–Kier alpha value is -1.74. The van der Waals surface area contributed by atoms with Gasteiger partial charge in [-0.2, -0.15) is 0 Å². The Morgan fingerprint density at radius 3 is 2.55 bits per heavy atom. The Balaban J connectivity index is 1.62. The molecule has 0 saturated heterocycles. The number of allylic oxidation sites excluding steroid dienone is 3. The van der Waals surface area contributed by atoms with Crippen LogP contribution in [0.5, 0.6) is 0 Å². The monoisotopic (exact) mass is 315 g/mol. The third-order valence-electron chi connectivity index (χ3n) is 5.62. The van der Waals surface area contributed by atoms with E-state index in [0.29, 0.717) is 10.7 Å². The van der Waals surface area contributed by atoms with Crippen LogP contribution in [0.3, 0.4) is 0 Å². The first-order chi connectivity index (χ1) is 10.5. The summed E-state index contributed by atoms with van der Waals surface area (Å²) in [4.78, 5) is 12.8. The van der Waals surface area contributed by atoms with Crippen molar-refractivity contribution in [1.82, 2.24) is 0 Å². The number of carbonyl (C=O) groups excluding carboxylic acids is 1. The molecule has 3 aliphatic rings. The van der Waals surface area contributed by atoms with Crippen molar-refractivity contribution in [3.63, 3.8) is 0 Å². The third kappa shape index (κ3) is 1.85. The van der Waals surface area contributed by atoms with Gasteiger partial charge in [-0.1, -0.05) is 36.4 Å². The van der Waals surface area contributed by atoms with Crippen LogP contribution in [-0.4, -0.2) is 11.0 Å². The predicted molar refractivity (Wildman–Crippen MR) is 86.6 cm³/mol. The summed E-state index contributed by atoms with van der Waals surface area (Å²) in [5.41, 5.74) is 0.892. The highest BCUT2D eigenvalue weighted by atomic mass is 35.5. The second-order valence-electron chi connectivity index (χ2n) is 6.71. The van der Waals surface area contributed by atoms with Crippen LogP contribution < -0.4 is 5.32 Å². The van der Waals surface area contributed by atoms with Crippen molar-refractivity contribution in [3.8, 4) is 0 Å². The van der Waals surface area contributed by atoms with E-state index in [2.05, 4.69) is 24.0 Å². The lowest BCUT2D eigenvalue weighted by molar-refractivity contribution is -0.122. The Bertz CT molecular complexity index is 692. The molecule has 114 valence electrons. The molecular formula is C18H18ClNO2. The summed E-state index contributed by atoms with van der Waals surface area (Å²) in [5, 5.41) is 13.6. The molecule has 2 N–H and O–H groups in total. The fraction of sp³-hybridized carbons (Fsp3) is 0.389. The normalized spacial score (nSPS) is 33.1. The molecule has 0 heterocycles. The lowest BCUT2D eigenvalue weighted by Gasteiger charge is -2.26. The maximum Gasteiger partial charge on any atom is 0.228 e. The number of halogens is 1. The largest absolute Gasteiger partial charge is 0.513 e. The highest BCUT2D eigenvalue weighted by Crippen LogP contribution is 2.72. The lowest BCUT2D eigenvalue weighted by Crippen LogP contribution is -2.33. The summed E-state index contributed by atoms with van der Waals surface area (Å²) < 4.78 is 0. The van der Waals surface area contributed by atoms with Gasteiger partial charge >= 0.3 is 0 Å². The van der Waals surface area contributed by atoms with Gasteiger partial charge in [0.1, 0.15) is 0 Å². The Kier molecular flexibility index (Phi) is 2.92. The van der Waals surface area contributed by atoms with Crippen LogP contribution in [0, 0.1) is 29.1 Å². The highest BCUT2D eigenvalue weighted by molar-refractivity contribution is 6.30. The topological polar surface area (TPSA) is 49.3 Å². The average molecular weight is 316 g/mol. The molecule has 1 spiro atoms. The molecular weight excluding hydrogens is 298 g/mol. The zero-order chi connectivity index (χ0) is 15.5. The highest BCUT2D eigenvalue weighted by Gasteiger charge is 2.68. The van der Waals surface area contributed by atoms with E-state index in [9.17, 15) is 9.90 Å². The van der Waals surface area contributed by atoms with E-state index in [1.54, 1.807) is 12.1 Å². The smallest absolute Gasteiger partial charge is 0.228 e. The number of aliphatic hydroxyl groups is 1. The fourth-order valence-corrected chi connectivity index (χ4v) is 4.78. The number of rotatable bonds is 3. The van der Waals surface area contributed by atoms with Crippen LogP contribution in [0.1, 0.15) is 12.8 Å². The Labute approximate surface area is 134 Å². The van der Waals surface area contributed by atoms with Gasteiger partial charge in [-0.25, -0.2) is 0 Å². The fourth-order valence-electron chi connectivity index (χ4n) is 4.59. The second-order valence-corrected chi connectivity index (χ2v) is 7.15. The summed E-state index contributed by atoms with van der Waals surface area (Å²) >= 11 is 5.97. The number of carbonyl (C=O) groups is 1. The van der Waals surface area contributed by atoms with Crippen LogP contribution in [-0.2, 0) is 4.79 Å². The van der Waals surface area contributed by atoms with Crippen molar-refractivity contribution in [3.05, 3.63) is 53.8 Å². The molecule has 2 bridgehead atoms. The molecule has 4 unspecified atom stereocenters. The Morgan fingerprint density at radius 2 is 1.95 bits per heavy atom. The summed E-state index contributed by atoms with van der Waals surface area (Å²) in [6, 6.07) is 7.14. The number of amides is 1. The van der Waals surface area contributed by atoms with Crippen molar-refractivity contribution in [2.45, 2.75) is 12.8 Å². The summed E-state index contributed by atoms with van der Waals surface area (Å²) in [6.45, 7) is 3.72. The molecule has 4 heteroatoms. The zero-order valence-corrected chi connectivity index (χ0v) is 12.9. The van der Waals surface area contributed by atoms with E-state index >= 15 is 0 Å². The predicted octanol–water partition coefficient (Wildman–Crippen LogP) is 4.18. The minimum absolute atomic E-state index is 0.0504. The van der Waals surface area contributed by atoms with Crippen LogP contribution in [0.25, 0.3) is 0 Å². The number of anilines is 1. The first-order valence-corrected chi connectivity index (χ1v) is 8.03. The molecule has 0 radical (unpaired) electrons. The molecule has 2 saturated carbocycles. The number of benzene rings is 1. The molecule has 3 nitrogen and oxygen atoms in total. The van der Waals surface area contributed by atoms with Crippen LogP contribution in [0.15, 0.2) is 48.8 Å². The molecule has 1 aromatic carbocycles. The SMILES string of the molecule is C=C(O)C1C(C(=O)Nc2cccc(Cl)c2)C2C=CC1C21CC1. The van der Waals surface area contributed by atoms with E-state index in [-0.39, 0.29) is 40.8 Å². The molecule has 22 heavy (non-hydrogen) atoms. The number of aliphatic hydroxyl groups excluding tert-OH is 1. The molecule has 0 aliphatic heterocycles. The van der Waals surface area contributed by atoms with Gasteiger partial charge in [0.25, 0.3) is 0 Å². The van der Waals surface area contributed by atoms with Crippen molar-refractivity contribution < 1.29 is 9.90 Å². The molecule has 3 aliphatic carbocycles. The van der Waals surface area contributed by atoms with Gasteiger partial charge in [0.2, 0.25) is 5.91 Å². The first kappa shape index (κ1) is 13.9. The summed E-state index contributed by atoms with van der Waals surface area (Å²) in [7, 11) is 0. The molecule has 1 aromatic rings.